The maximum absolute atomic E-state index is 9.31. The van der Waals surface area contributed by atoms with Gasteiger partial charge in [-0.2, -0.15) is 0 Å². The number of aliphatic hydroxyl groups is 1. The Balaban J connectivity index is 0.00000363. The van der Waals surface area contributed by atoms with E-state index in [1.165, 1.54) is 11.3 Å². The van der Waals surface area contributed by atoms with Crippen LogP contribution in [0.2, 0.25) is 0 Å². The molecule has 32 heavy (non-hydrogen) atoms. The molecule has 2 aliphatic heterocycles. The first-order valence-electron chi connectivity index (χ1n) is 11.9. The van der Waals surface area contributed by atoms with E-state index in [-0.39, 0.29) is 24.0 Å². The van der Waals surface area contributed by atoms with Crippen LogP contribution in [-0.2, 0) is 16.0 Å². The zero-order valence-corrected chi connectivity index (χ0v) is 21.8. The van der Waals surface area contributed by atoms with E-state index in [1.807, 2.05) is 0 Å². The van der Waals surface area contributed by atoms with Gasteiger partial charge in [-0.05, 0) is 62.6 Å². The summed E-state index contributed by atoms with van der Waals surface area (Å²) in [7, 11) is 0. The van der Waals surface area contributed by atoms with Crippen LogP contribution < -0.4 is 15.5 Å². The second-order valence-electron chi connectivity index (χ2n) is 8.46. The van der Waals surface area contributed by atoms with Crippen molar-refractivity contribution >= 4 is 35.6 Å². The molecule has 2 fully saturated rings. The van der Waals surface area contributed by atoms with E-state index in [9.17, 15) is 5.11 Å². The molecule has 1 aromatic carbocycles. The van der Waals surface area contributed by atoms with Gasteiger partial charge < -0.3 is 30.1 Å². The number of aliphatic hydroxyl groups excluding tert-OH is 1. The van der Waals surface area contributed by atoms with Gasteiger partial charge in [0.2, 0.25) is 0 Å². The number of hydrogen-bond acceptors (Lipinski definition) is 5. The highest BCUT2D eigenvalue weighted by molar-refractivity contribution is 14.0. The van der Waals surface area contributed by atoms with Crippen LogP contribution in [0.25, 0.3) is 0 Å². The van der Waals surface area contributed by atoms with Crippen LogP contribution in [0, 0.1) is 5.92 Å². The van der Waals surface area contributed by atoms with Gasteiger partial charge in [-0.1, -0.05) is 12.1 Å². The molecule has 0 radical (unpaired) electrons. The zero-order chi connectivity index (χ0) is 21.7. The molecule has 2 heterocycles. The number of halogens is 1. The molecular weight excluding hydrogens is 519 g/mol. The Kier molecular flexibility index (Phi) is 13.3. The topological polar surface area (TPSA) is 78.4 Å². The second-order valence-corrected chi connectivity index (χ2v) is 8.46. The summed E-state index contributed by atoms with van der Waals surface area (Å²) in [5.41, 5.74) is 2.46. The quantitative estimate of drug-likeness (QED) is 0.167. The van der Waals surface area contributed by atoms with Crippen molar-refractivity contribution in [3.8, 4) is 0 Å². The first-order chi connectivity index (χ1) is 15.3. The van der Waals surface area contributed by atoms with E-state index < -0.39 is 0 Å². The Hall–Kier alpha value is -1.10. The van der Waals surface area contributed by atoms with Gasteiger partial charge in [-0.3, -0.25) is 0 Å². The summed E-state index contributed by atoms with van der Waals surface area (Å²) in [6.45, 7) is 9.09. The van der Waals surface area contributed by atoms with Gasteiger partial charge in [0.15, 0.2) is 5.96 Å². The predicted octanol–water partition coefficient (Wildman–Crippen LogP) is 3.15. The first-order valence-corrected chi connectivity index (χ1v) is 11.9. The van der Waals surface area contributed by atoms with Gasteiger partial charge in [-0.15, -0.1) is 24.0 Å². The minimum atomic E-state index is 0. The minimum Gasteiger partial charge on any atom is -0.396 e. The maximum atomic E-state index is 9.31. The molecule has 2 saturated heterocycles. The Morgan fingerprint density at radius 1 is 1.19 bits per heavy atom. The van der Waals surface area contributed by atoms with Crippen LogP contribution >= 0.6 is 24.0 Å². The van der Waals surface area contributed by atoms with Crippen molar-refractivity contribution in [1.29, 1.82) is 0 Å². The number of guanidine groups is 1. The van der Waals surface area contributed by atoms with Crippen LogP contribution in [0.15, 0.2) is 29.3 Å². The highest BCUT2D eigenvalue weighted by Gasteiger charge is 2.18. The molecule has 1 aromatic rings. The Bertz CT molecular complexity index is 645. The van der Waals surface area contributed by atoms with Crippen LogP contribution in [0.1, 0.15) is 44.6 Å². The molecule has 7 nitrogen and oxygen atoms in total. The molecule has 3 rings (SSSR count). The summed E-state index contributed by atoms with van der Waals surface area (Å²) < 4.78 is 11.3. The molecule has 3 N–H and O–H groups in total. The van der Waals surface area contributed by atoms with E-state index in [2.05, 4.69) is 46.7 Å². The number of benzene rings is 1. The van der Waals surface area contributed by atoms with Crippen LogP contribution in [0.3, 0.4) is 0 Å². The van der Waals surface area contributed by atoms with Crippen molar-refractivity contribution in [2.24, 2.45) is 10.9 Å². The second kappa shape index (κ2) is 15.7. The van der Waals surface area contributed by atoms with Gasteiger partial charge in [0.05, 0.1) is 19.3 Å². The summed E-state index contributed by atoms with van der Waals surface area (Å²) in [5, 5.41) is 16.0. The molecule has 0 bridgehead atoms. The average molecular weight is 561 g/mol. The first kappa shape index (κ1) is 27.1. The summed E-state index contributed by atoms with van der Waals surface area (Å²) in [4.78, 5) is 7.13. The van der Waals surface area contributed by atoms with Gasteiger partial charge in [-0.25, -0.2) is 4.99 Å². The Labute approximate surface area is 210 Å². The third-order valence-electron chi connectivity index (χ3n) is 6.02. The van der Waals surface area contributed by atoms with E-state index in [1.54, 1.807) is 0 Å². The lowest BCUT2D eigenvalue weighted by atomic mass is 9.97. The average Bonchev–Trinajstić information content (AvgIpc) is 3.33. The molecule has 0 amide bonds. The van der Waals surface area contributed by atoms with Crippen LogP contribution in [-0.4, -0.2) is 69.8 Å². The summed E-state index contributed by atoms with van der Waals surface area (Å²) in [6, 6.07) is 8.71. The molecule has 0 aromatic heterocycles. The van der Waals surface area contributed by atoms with Gasteiger partial charge in [0.1, 0.15) is 0 Å². The van der Waals surface area contributed by atoms with Gasteiger partial charge in [0, 0.05) is 51.7 Å². The molecule has 1 atom stereocenters. The van der Waals surface area contributed by atoms with Gasteiger partial charge in [0.25, 0.3) is 0 Å². The van der Waals surface area contributed by atoms with Crippen LogP contribution in [0.4, 0.5) is 5.69 Å². The summed E-state index contributed by atoms with van der Waals surface area (Å²) in [6.07, 6.45) is 5.66. The number of nitrogens with zero attached hydrogens (tertiary/aromatic N) is 2. The van der Waals surface area contributed by atoms with E-state index in [0.29, 0.717) is 31.8 Å². The molecular formula is C24H41IN4O3. The number of rotatable bonds is 11. The Morgan fingerprint density at radius 2 is 1.97 bits per heavy atom. The van der Waals surface area contributed by atoms with Crippen molar-refractivity contribution in [3.05, 3.63) is 29.8 Å². The molecule has 2 aliphatic rings. The van der Waals surface area contributed by atoms with E-state index in [0.717, 1.165) is 77.5 Å². The molecule has 0 spiro atoms. The van der Waals surface area contributed by atoms with E-state index >= 15 is 0 Å². The number of piperidine rings is 1. The lowest BCUT2D eigenvalue weighted by Crippen LogP contribution is -2.38. The number of aliphatic imine (C=N–C) groups is 1. The standard InChI is InChI=1S/C24H40N4O3.HI/c1-2-25-24(26-12-4-15-30-19-23-5-3-16-31-23)27-17-20-6-8-22(9-7-20)28-13-10-21(18-29)11-14-28;/h6-9,21,23,29H,2-5,10-19H2,1H3,(H2,25,26,27);1H. The largest absolute Gasteiger partial charge is 0.396 e. The monoisotopic (exact) mass is 560 g/mol. The number of hydrogen-bond donors (Lipinski definition) is 3. The highest BCUT2D eigenvalue weighted by Crippen LogP contribution is 2.23. The molecule has 0 aliphatic carbocycles. The predicted molar refractivity (Wildman–Crippen MR) is 141 cm³/mol. The van der Waals surface area contributed by atoms with Crippen molar-refractivity contribution in [1.82, 2.24) is 10.6 Å². The number of ether oxygens (including phenoxy) is 2. The molecule has 182 valence electrons. The maximum Gasteiger partial charge on any atom is 0.191 e. The Morgan fingerprint density at radius 3 is 2.62 bits per heavy atom. The lowest BCUT2D eigenvalue weighted by molar-refractivity contribution is 0.0168. The summed E-state index contributed by atoms with van der Waals surface area (Å²) >= 11 is 0. The molecule has 8 heteroatoms. The third-order valence-corrected chi connectivity index (χ3v) is 6.02. The van der Waals surface area contributed by atoms with Crippen LogP contribution in [0.5, 0.6) is 0 Å². The van der Waals surface area contributed by atoms with Crippen molar-refractivity contribution < 1.29 is 14.6 Å². The van der Waals surface area contributed by atoms with Crippen molar-refractivity contribution in [2.75, 3.05) is 57.5 Å². The van der Waals surface area contributed by atoms with E-state index in [4.69, 9.17) is 14.5 Å². The fourth-order valence-electron chi connectivity index (χ4n) is 4.07. The van der Waals surface area contributed by atoms with Gasteiger partial charge >= 0.3 is 0 Å². The fourth-order valence-corrected chi connectivity index (χ4v) is 4.07. The SMILES string of the molecule is CCNC(=NCc1ccc(N2CCC(CO)CC2)cc1)NCCCOCC1CCCO1.I. The number of anilines is 1. The van der Waals surface area contributed by atoms with Crippen molar-refractivity contribution in [3.63, 3.8) is 0 Å². The minimum absolute atomic E-state index is 0. The normalized spacial score (nSPS) is 19.6. The molecule has 1 unspecified atom stereocenters. The third kappa shape index (κ3) is 9.41. The summed E-state index contributed by atoms with van der Waals surface area (Å²) in [5.74, 6) is 1.31. The molecule has 0 saturated carbocycles. The van der Waals surface area contributed by atoms with Crippen molar-refractivity contribution in [2.45, 2.75) is 51.7 Å². The fraction of sp³-hybridized carbons (Fsp3) is 0.708. The highest BCUT2D eigenvalue weighted by atomic mass is 127. The zero-order valence-electron chi connectivity index (χ0n) is 19.4. The smallest absolute Gasteiger partial charge is 0.191 e. The number of nitrogens with one attached hydrogen (secondary N) is 2. The lowest BCUT2D eigenvalue weighted by Gasteiger charge is -2.32.